The number of urea groups is 1. The molecule has 1 aromatic carbocycles. The van der Waals surface area contributed by atoms with E-state index in [0.29, 0.717) is 13.1 Å². The third-order valence-corrected chi connectivity index (χ3v) is 4.01. The first kappa shape index (κ1) is 17.5. The Balaban J connectivity index is 1.90. The molecular weight excluding hydrogens is 306 g/mol. The number of carbonyl (C=O) groups is 1. The number of rotatable bonds is 5. The molecule has 0 spiro atoms. The lowest BCUT2D eigenvalue weighted by Gasteiger charge is -2.32. The number of nitrogens with zero attached hydrogens (tertiary/aromatic N) is 1. The highest BCUT2D eigenvalue weighted by Crippen LogP contribution is 2.20. The van der Waals surface area contributed by atoms with Crippen LogP contribution in [0.1, 0.15) is 31.4 Å². The van der Waals surface area contributed by atoms with Crippen molar-refractivity contribution in [2.24, 2.45) is 5.92 Å². The number of aliphatic hydroxyl groups is 1. The smallest absolute Gasteiger partial charge is 0.387 e. The SMILES string of the molecule is CC(NC(=O)N1CCCC(CO)C1)c1ccc(OC(F)F)cc1. The van der Waals surface area contributed by atoms with Crippen LogP contribution in [-0.4, -0.2) is 42.3 Å². The zero-order valence-corrected chi connectivity index (χ0v) is 13.0. The highest BCUT2D eigenvalue weighted by atomic mass is 19.3. The lowest BCUT2D eigenvalue weighted by Crippen LogP contribution is -2.46. The summed E-state index contributed by atoms with van der Waals surface area (Å²) in [6, 6.07) is 5.77. The Bertz CT molecular complexity index is 511. The van der Waals surface area contributed by atoms with Crippen LogP contribution in [0.25, 0.3) is 0 Å². The Morgan fingerprint density at radius 2 is 2.13 bits per heavy atom. The second-order valence-corrected chi connectivity index (χ2v) is 5.76. The molecule has 7 heteroatoms. The van der Waals surface area contributed by atoms with Gasteiger partial charge < -0.3 is 20.1 Å². The maximum atomic E-state index is 12.3. The number of alkyl halides is 2. The third kappa shape index (κ3) is 5.06. The minimum Gasteiger partial charge on any atom is -0.435 e. The molecule has 1 aliphatic rings. The van der Waals surface area contributed by atoms with E-state index in [0.717, 1.165) is 18.4 Å². The Kier molecular flexibility index (Phi) is 6.15. The van der Waals surface area contributed by atoms with Crippen molar-refractivity contribution in [1.82, 2.24) is 10.2 Å². The van der Waals surface area contributed by atoms with Crippen molar-refractivity contribution in [2.45, 2.75) is 32.4 Å². The molecule has 128 valence electrons. The highest BCUT2D eigenvalue weighted by molar-refractivity contribution is 5.74. The summed E-state index contributed by atoms with van der Waals surface area (Å²) in [7, 11) is 0. The number of likely N-dealkylation sites (tertiary alicyclic amines) is 1. The van der Waals surface area contributed by atoms with Gasteiger partial charge in [0.25, 0.3) is 0 Å². The van der Waals surface area contributed by atoms with E-state index in [1.54, 1.807) is 17.0 Å². The van der Waals surface area contributed by atoms with Gasteiger partial charge in [0.15, 0.2) is 0 Å². The van der Waals surface area contributed by atoms with Gasteiger partial charge in [-0.2, -0.15) is 8.78 Å². The van der Waals surface area contributed by atoms with E-state index in [2.05, 4.69) is 10.1 Å². The van der Waals surface area contributed by atoms with Crippen molar-refractivity contribution >= 4 is 6.03 Å². The van der Waals surface area contributed by atoms with Crippen LogP contribution < -0.4 is 10.1 Å². The standard InChI is InChI=1S/C16H22F2N2O3/c1-11(13-4-6-14(7-5-13)23-15(17)18)19-16(22)20-8-2-3-12(9-20)10-21/h4-7,11-12,15,21H,2-3,8-10H2,1H3,(H,19,22). The fourth-order valence-corrected chi connectivity index (χ4v) is 2.70. The lowest BCUT2D eigenvalue weighted by molar-refractivity contribution is -0.0498. The number of piperidine rings is 1. The fraction of sp³-hybridized carbons (Fsp3) is 0.562. The van der Waals surface area contributed by atoms with E-state index in [9.17, 15) is 18.7 Å². The van der Waals surface area contributed by atoms with Gasteiger partial charge in [0, 0.05) is 19.7 Å². The molecule has 1 aliphatic heterocycles. The zero-order valence-electron chi connectivity index (χ0n) is 13.0. The number of hydrogen-bond acceptors (Lipinski definition) is 3. The Morgan fingerprint density at radius 3 is 2.74 bits per heavy atom. The van der Waals surface area contributed by atoms with E-state index < -0.39 is 6.61 Å². The molecule has 2 rings (SSSR count). The predicted molar refractivity (Wildman–Crippen MR) is 81.4 cm³/mol. The lowest BCUT2D eigenvalue weighted by atomic mass is 9.99. The quantitative estimate of drug-likeness (QED) is 0.874. The number of amides is 2. The van der Waals surface area contributed by atoms with Gasteiger partial charge in [0.1, 0.15) is 5.75 Å². The van der Waals surface area contributed by atoms with Crippen LogP contribution in [0.15, 0.2) is 24.3 Å². The Morgan fingerprint density at radius 1 is 1.43 bits per heavy atom. The van der Waals surface area contributed by atoms with Crippen molar-refractivity contribution in [3.8, 4) is 5.75 Å². The first-order valence-electron chi connectivity index (χ1n) is 7.70. The minimum atomic E-state index is -2.85. The van der Waals surface area contributed by atoms with Crippen LogP contribution in [0.2, 0.25) is 0 Å². The Hall–Kier alpha value is -1.89. The molecule has 0 aromatic heterocycles. The van der Waals surface area contributed by atoms with E-state index in [1.165, 1.54) is 12.1 Å². The van der Waals surface area contributed by atoms with Gasteiger partial charge >= 0.3 is 12.6 Å². The van der Waals surface area contributed by atoms with Crippen LogP contribution in [-0.2, 0) is 0 Å². The van der Waals surface area contributed by atoms with Crippen LogP contribution in [0.5, 0.6) is 5.75 Å². The first-order valence-corrected chi connectivity index (χ1v) is 7.70. The maximum Gasteiger partial charge on any atom is 0.387 e. The molecule has 2 amide bonds. The summed E-state index contributed by atoms with van der Waals surface area (Å²) in [6.07, 6.45) is 1.81. The molecule has 0 radical (unpaired) electrons. The molecular formula is C16H22F2N2O3. The van der Waals surface area contributed by atoms with Gasteiger partial charge in [-0.25, -0.2) is 4.79 Å². The highest BCUT2D eigenvalue weighted by Gasteiger charge is 2.24. The van der Waals surface area contributed by atoms with Crippen molar-refractivity contribution < 1.29 is 23.4 Å². The summed E-state index contributed by atoms with van der Waals surface area (Å²) < 4.78 is 28.5. The summed E-state index contributed by atoms with van der Waals surface area (Å²) >= 11 is 0. The molecule has 1 fully saturated rings. The molecule has 2 atom stereocenters. The second-order valence-electron chi connectivity index (χ2n) is 5.76. The maximum absolute atomic E-state index is 12.3. The normalized spacial score (nSPS) is 19.5. The zero-order chi connectivity index (χ0) is 16.8. The van der Waals surface area contributed by atoms with E-state index >= 15 is 0 Å². The summed E-state index contributed by atoms with van der Waals surface area (Å²) in [5, 5.41) is 12.1. The van der Waals surface area contributed by atoms with Crippen molar-refractivity contribution in [2.75, 3.05) is 19.7 Å². The molecule has 1 saturated heterocycles. The fourth-order valence-electron chi connectivity index (χ4n) is 2.70. The molecule has 23 heavy (non-hydrogen) atoms. The monoisotopic (exact) mass is 328 g/mol. The van der Waals surface area contributed by atoms with Gasteiger partial charge in [-0.15, -0.1) is 0 Å². The summed E-state index contributed by atoms with van der Waals surface area (Å²) in [5.74, 6) is 0.222. The average Bonchev–Trinajstić information content (AvgIpc) is 2.55. The van der Waals surface area contributed by atoms with Crippen LogP contribution >= 0.6 is 0 Å². The number of ether oxygens (including phenoxy) is 1. The van der Waals surface area contributed by atoms with Crippen LogP contribution in [0, 0.1) is 5.92 Å². The average molecular weight is 328 g/mol. The third-order valence-electron chi connectivity index (χ3n) is 4.01. The second kappa shape index (κ2) is 8.10. The number of aliphatic hydroxyl groups excluding tert-OH is 1. The number of carbonyl (C=O) groups excluding carboxylic acids is 1. The van der Waals surface area contributed by atoms with E-state index in [-0.39, 0.29) is 30.3 Å². The van der Waals surface area contributed by atoms with E-state index in [1.807, 2.05) is 6.92 Å². The number of halogens is 2. The van der Waals surface area contributed by atoms with Crippen molar-refractivity contribution in [1.29, 1.82) is 0 Å². The first-order chi connectivity index (χ1) is 11.0. The molecule has 2 unspecified atom stereocenters. The summed E-state index contributed by atoms with van der Waals surface area (Å²) in [6.45, 7) is 0.294. The van der Waals surface area contributed by atoms with Crippen LogP contribution in [0.4, 0.5) is 13.6 Å². The molecule has 1 aromatic rings. The Labute approximate surface area is 134 Å². The van der Waals surface area contributed by atoms with Crippen LogP contribution in [0.3, 0.4) is 0 Å². The molecule has 0 aliphatic carbocycles. The largest absolute Gasteiger partial charge is 0.435 e. The number of nitrogens with one attached hydrogen (secondary N) is 1. The molecule has 5 nitrogen and oxygen atoms in total. The van der Waals surface area contributed by atoms with Crippen molar-refractivity contribution in [3.05, 3.63) is 29.8 Å². The molecule has 2 N–H and O–H groups in total. The van der Waals surface area contributed by atoms with Gasteiger partial charge in [-0.05, 0) is 43.4 Å². The van der Waals surface area contributed by atoms with Gasteiger partial charge in [0.05, 0.1) is 6.04 Å². The minimum absolute atomic E-state index is 0.0871. The van der Waals surface area contributed by atoms with Crippen molar-refractivity contribution in [3.63, 3.8) is 0 Å². The summed E-state index contributed by atoms with van der Waals surface area (Å²) in [4.78, 5) is 14.0. The predicted octanol–water partition coefficient (Wildman–Crippen LogP) is 2.76. The van der Waals surface area contributed by atoms with Gasteiger partial charge in [0.2, 0.25) is 0 Å². The number of benzene rings is 1. The summed E-state index contributed by atoms with van der Waals surface area (Å²) in [5.41, 5.74) is 0.802. The van der Waals surface area contributed by atoms with Gasteiger partial charge in [-0.3, -0.25) is 0 Å². The van der Waals surface area contributed by atoms with E-state index in [4.69, 9.17) is 0 Å². The molecule has 0 bridgehead atoms. The van der Waals surface area contributed by atoms with Gasteiger partial charge in [-0.1, -0.05) is 12.1 Å². The molecule has 0 saturated carbocycles. The topological polar surface area (TPSA) is 61.8 Å². The molecule has 1 heterocycles. The number of hydrogen-bond donors (Lipinski definition) is 2.